The Kier molecular flexibility index (Phi) is 7.16. The molecule has 2 aromatic carbocycles. The second-order valence-electron chi connectivity index (χ2n) is 9.00. The average molecular weight is 472 g/mol. The third kappa shape index (κ3) is 5.19. The monoisotopic (exact) mass is 471 g/mol. The predicted molar refractivity (Wildman–Crippen MR) is 132 cm³/mol. The minimum absolute atomic E-state index is 0.0790. The molecule has 4 rings (SSSR count). The number of H-pyrrole nitrogens is 1. The zero-order valence-corrected chi connectivity index (χ0v) is 20.1. The number of carbonyl (C=O) groups is 2. The summed E-state index contributed by atoms with van der Waals surface area (Å²) in [7, 11) is 1.29. The van der Waals surface area contributed by atoms with Crippen LogP contribution in [0.1, 0.15) is 44.1 Å². The number of methoxy groups -OCH3 is 1. The number of hydrogen-bond donors (Lipinski definition) is 2. The van der Waals surface area contributed by atoms with Gasteiger partial charge in [0.05, 0.1) is 36.7 Å². The smallest absolute Gasteiger partial charge is 0.407 e. The molecule has 1 aromatic heterocycles. The molecule has 1 saturated heterocycles. The number of rotatable bonds is 6. The third-order valence-electron chi connectivity index (χ3n) is 6.38. The molecule has 1 aliphatic heterocycles. The number of carbonyl (C=O) groups excluding carboxylic acids is 2. The highest BCUT2D eigenvalue weighted by Gasteiger charge is 2.37. The summed E-state index contributed by atoms with van der Waals surface area (Å²) in [5.41, 5.74) is 4.60. The van der Waals surface area contributed by atoms with E-state index in [1.807, 2.05) is 62.4 Å². The first-order valence-corrected chi connectivity index (χ1v) is 11.7. The zero-order valence-electron chi connectivity index (χ0n) is 20.1. The van der Waals surface area contributed by atoms with Crippen LogP contribution in [0.5, 0.6) is 0 Å². The maximum Gasteiger partial charge on any atom is 0.407 e. The van der Waals surface area contributed by atoms with Crippen molar-refractivity contribution in [3.05, 3.63) is 66.1 Å². The number of alkyl carbamates (subject to hydrolysis) is 1. The molecule has 0 unspecified atom stereocenters. The van der Waals surface area contributed by atoms with Gasteiger partial charge in [0.1, 0.15) is 11.9 Å². The van der Waals surface area contributed by atoms with E-state index in [9.17, 15) is 9.59 Å². The van der Waals surface area contributed by atoms with Crippen LogP contribution >= 0.6 is 0 Å². The number of amides is 2. The fraction of sp³-hybridized carbons (Fsp3) is 0.333. The highest BCUT2D eigenvalue weighted by Crippen LogP contribution is 2.33. The van der Waals surface area contributed by atoms with Crippen molar-refractivity contribution in [3.63, 3.8) is 0 Å². The number of nitriles is 1. The molecule has 2 N–H and O–H groups in total. The number of aromatic nitrogens is 2. The Morgan fingerprint density at radius 1 is 1.11 bits per heavy atom. The molecule has 3 aromatic rings. The first kappa shape index (κ1) is 24.0. The lowest BCUT2D eigenvalue weighted by molar-refractivity contribution is -0.135. The van der Waals surface area contributed by atoms with Gasteiger partial charge in [-0.1, -0.05) is 50.2 Å². The van der Waals surface area contributed by atoms with Crippen molar-refractivity contribution >= 4 is 12.0 Å². The van der Waals surface area contributed by atoms with Crippen molar-refractivity contribution in [3.8, 4) is 28.5 Å². The number of ether oxygens (including phenoxy) is 1. The second kappa shape index (κ2) is 10.4. The molecule has 2 amide bonds. The van der Waals surface area contributed by atoms with Gasteiger partial charge in [0.25, 0.3) is 0 Å². The van der Waals surface area contributed by atoms with Crippen molar-refractivity contribution in [2.45, 2.75) is 38.8 Å². The van der Waals surface area contributed by atoms with Crippen molar-refractivity contribution in [1.82, 2.24) is 20.2 Å². The quantitative estimate of drug-likeness (QED) is 0.543. The van der Waals surface area contributed by atoms with Gasteiger partial charge >= 0.3 is 6.09 Å². The lowest BCUT2D eigenvalue weighted by Crippen LogP contribution is -2.51. The van der Waals surface area contributed by atoms with Crippen molar-refractivity contribution in [1.29, 1.82) is 5.26 Å². The van der Waals surface area contributed by atoms with Crippen molar-refractivity contribution in [2.24, 2.45) is 5.92 Å². The van der Waals surface area contributed by atoms with E-state index in [4.69, 9.17) is 10.00 Å². The van der Waals surface area contributed by atoms with E-state index in [-0.39, 0.29) is 17.9 Å². The Morgan fingerprint density at radius 3 is 2.34 bits per heavy atom. The summed E-state index contributed by atoms with van der Waals surface area (Å²) in [5.74, 6) is 0.532. The van der Waals surface area contributed by atoms with E-state index in [2.05, 4.69) is 21.4 Å². The normalized spacial score (nSPS) is 16.1. The van der Waals surface area contributed by atoms with Gasteiger partial charge in [-0.25, -0.2) is 9.78 Å². The highest BCUT2D eigenvalue weighted by atomic mass is 16.5. The molecule has 35 heavy (non-hydrogen) atoms. The number of likely N-dealkylation sites (tertiary alicyclic amines) is 1. The first-order valence-electron chi connectivity index (χ1n) is 11.7. The third-order valence-corrected chi connectivity index (χ3v) is 6.38. The van der Waals surface area contributed by atoms with Crippen LogP contribution in [-0.4, -0.2) is 46.6 Å². The van der Waals surface area contributed by atoms with Crippen LogP contribution in [0, 0.1) is 17.2 Å². The van der Waals surface area contributed by atoms with Crippen LogP contribution in [0.3, 0.4) is 0 Å². The molecule has 0 radical (unpaired) electrons. The highest BCUT2D eigenvalue weighted by molar-refractivity contribution is 5.86. The summed E-state index contributed by atoms with van der Waals surface area (Å²) in [4.78, 5) is 34.9. The van der Waals surface area contributed by atoms with E-state index < -0.39 is 12.1 Å². The number of imidazole rings is 1. The van der Waals surface area contributed by atoms with Gasteiger partial charge in [-0.3, -0.25) is 4.79 Å². The minimum Gasteiger partial charge on any atom is -0.453 e. The molecule has 0 spiro atoms. The maximum absolute atomic E-state index is 13.3. The first-order chi connectivity index (χ1) is 16.9. The molecule has 1 fully saturated rings. The minimum atomic E-state index is -0.660. The Balaban J connectivity index is 1.50. The van der Waals surface area contributed by atoms with Crippen LogP contribution < -0.4 is 5.32 Å². The van der Waals surface area contributed by atoms with Crippen LogP contribution in [-0.2, 0) is 9.53 Å². The van der Waals surface area contributed by atoms with Gasteiger partial charge < -0.3 is 19.9 Å². The summed E-state index contributed by atoms with van der Waals surface area (Å²) in [6, 6.07) is 16.9. The lowest BCUT2D eigenvalue weighted by Gasteiger charge is -2.30. The molecule has 8 heteroatoms. The number of aromatic amines is 1. The van der Waals surface area contributed by atoms with Gasteiger partial charge in [0.2, 0.25) is 5.91 Å². The van der Waals surface area contributed by atoms with Crippen molar-refractivity contribution < 1.29 is 14.3 Å². The Bertz CT molecular complexity index is 1220. The molecular weight excluding hydrogens is 442 g/mol. The number of hydrogen-bond acceptors (Lipinski definition) is 5. The summed E-state index contributed by atoms with van der Waals surface area (Å²) in [6.07, 6.45) is 2.85. The van der Waals surface area contributed by atoms with Gasteiger partial charge in [-0.15, -0.1) is 0 Å². The van der Waals surface area contributed by atoms with Gasteiger partial charge in [0, 0.05) is 6.54 Å². The fourth-order valence-corrected chi connectivity index (χ4v) is 4.42. The maximum atomic E-state index is 13.3. The Morgan fingerprint density at radius 2 is 1.74 bits per heavy atom. The topological polar surface area (TPSA) is 111 Å². The largest absolute Gasteiger partial charge is 0.453 e. The molecule has 2 atom stereocenters. The van der Waals surface area contributed by atoms with Crippen LogP contribution in [0.2, 0.25) is 0 Å². The van der Waals surface area contributed by atoms with Gasteiger partial charge in [-0.05, 0) is 47.6 Å². The lowest BCUT2D eigenvalue weighted by atomic mass is 10.0. The van der Waals surface area contributed by atoms with Crippen LogP contribution in [0.4, 0.5) is 4.79 Å². The second-order valence-corrected chi connectivity index (χ2v) is 9.00. The molecular formula is C27H29N5O3. The van der Waals surface area contributed by atoms with E-state index in [1.54, 1.807) is 11.1 Å². The molecule has 0 bridgehead atoms. The standard InChI is InChI=1S/C27H29N5O3/c1-17(2)24(31-27(34)35-3)26(33)32-14-4-5-23(32)25-29-16-22(30-25)21-12-10-20(11-13-21)19-8-6-18(15-28)7-9-19/h6-13,16-17,23-24H,4-5,14H2,1-3H3,(H,29,30)(H,31,34)/t23-,24+/m1/s1. The van der Waals surface area contributed by atoms with Gasteiger partial charge in [-0.2, -0.15) is 5.26 Å². The predicted octanol–water partition coefficient (Wildman–Crippen LogP) is 4.66. The molecule has 8 nitrogen and oxygen atoms in total. The summed E-state index contributed by atoms with van der Waals surface area (Å²) >= 11 is 0. The van der Waals surface area contributed by atoms with Crippen LogP contribution in [0.25, 0.3) is 22.4 Å². The Labute approximate surface area is 204 Å². The van der Waals surface area contributed by atoms with E-state index in [1.165, 1.54) is 7.11 Å². The Hall–Kier alpha value is -4.12. The molecule has 180 valence electrons. The molecule has 2 heterocycles. The zero-order chi connectivity index (χ0) is 24.9. The molecule has 1 aliphatic rings. The van der Waals surface area contributed by atoms with E-state index >= 15 is 0 Å². The van der Waals surface area contributed by atoms with Crippen LogP contribution in [0.15, 0.2) is 54.7 Å². The SMILES string of the molecule is COC(=O)N[C@H](C(=O)N1CCC[C@@H]1c1ncc(-c2ccc(-c3ccc(C#N)cc3)cc2)[nH]1)C(C)C. The van der Waals surface area contributed by atoms with Gasteiger partial charge in [0.15, 0.2) is 0 Å². The van der Waals surface area contributed by atoms with E-state index in [0.29, 0.717) is 12.1 Å². The summed E-state index contributed by atoms with van der Waals surface area (Å²) < 4.78 is 4.70. The fourth-order valence-electron chi connectivity index (χ4n) is 4.42. The molecule has 0 aliphatic carbocycles. The van der Waals surface area contributed by atoms with Crippen molar-refractivity contribution in [2.75, 3.05) is 13.7 Å². The van der Waals surface area contributed by atoms with E-state index in [0.717, 1.165) is 41.1 Å². The summed E-state index contributed by atoms with van der Waals surface area (Å²) in [5, 5.41) is 11.7. The molecule has 0 saturated carbocycles. The number of benzene rings is 2. The number of nitrogens with one attached hydrogen (secondary N) is 2. The average Bonchev–Trinajstić information content (AvgIpc) is 3.56. The summed E-state index contributed by atoms with van der Waals surface area (Å²) in [6.45, 7) is 4.41. The number of nitrogens with zero attached hydrogens (tertiary/aromatic N) is 3.